The number of carbonyl (C=O) groups is 5. The first-order valence-corrected chi connectivity index (χ1v) is 40.4. The van der Waals surface area contributed by atoms with Crippen LogP contribution in [0.2, 0.25) is 32.2 Å². The van der Waals surface area contributed by atoms with Gasteiger partial charge in [0.2, 0.25) is 23.6 Å². The van der Waals surface area contributed by atoms with Crippen LogP contribution in [0.5, 0.6) is 0 Å². The number of nitrogens with one attached hydrogen (secondary N) is 3. The van der Waals surface area contributed by atoms with E-state index in [1.165, 1.54) is 0 Å². The van der Waals surface area contributed by atoms with Crippen molar-refractivity contribution in [2.75, 3.05) is 133 Å². The van der Waals surface area contributed by atoms with Crippen LogP contribution in [0.1, 0.15) is 98.3 Å². The van der Waals surface area contributed by atoms with E-state index >= 15 is 0 Å². The fourth-order valence-corrected chi connectivity index (χ4v) is 21.6. The molecule has 534 valence electrons. The van der Waals surface area contributed by atoms with E-state index in [1.54, 1.807) is 69.1 Å². The van der Waals surface area contributed by atoms with Gasteiger partial charge in [-0.05, 0) is 94.9 Å². The van der Waals surface area contributed by atoms with Crippen molar-refractivity contribution in [2.24, 2.45) is 28.8 Å². The topological polar surface area (TPSA) is 298 Å². The minimum Gasteiger partial charge on any atom is -0.455 e. The number of thioether (sulfide) groups is 1. The standard InChI is InChI=1S/C65H115N11O15SSi2/c1-18-48(6)58(75(11)63(80)56(46(2)3)72-62(79)57(47(4)5)74(9)10)54(82-12)41-55(77)76-28-22-25-53(76)59(83-13)49(7)61(78)71-50(8)60(52-23-20-19-21-24-52)90-65(81)67-27-40-93(14,15)91-94(16,17)45-92-64-68-42-51(43-69-64)44-89-39-38-88-37-36-87-35-34-86-33-32-85-31-30-84-29-26-70-73-66/h19-21,23-24,42-43,46-50,53-54,56-60H,18,22,25-41,44-45H2,1-17H3,(H,67,81)(H,71,78)(H,72,79)/t48-,49+,50+,53-,54+,56-,57-,58-,59+,60+/m0/s1. The highest BCUT2D eigenvalue weighted by atomic mass is 32.2. The van der Waals surface area contributed by atoms with Crippen LogP contribution in [-0.4, -0.2) is 246 Å². The van der Waals surface area contributed by atoms with Crippen molar-refractivity contribution >= 4 is 58.1 Å². The maximum Gasteiger partial charge on any atom is 0.407 e. The first-order chi connectivity index (χ1) is 44.7. The number of aromatic nitrogens is 2. The number of amides is 5. The number of alkyl carbamates (subject to hydrolysis) is 1. The maximum absolute atomic E-state index is 14.6. The van der Waals surface area contributed by atoms with Gasteiger partial charge in [-0.15, -0.1) is 0 Å². The zero-order chi connectivity index (χ0) is 69.8. The molecule has 3 rings (SSSR count). The summed E-state index contributed by atoms with van der Waals surface area (Å²) < 4.78 is 58.3. The Morgan fingerprint density at radius 1 is 0.766 bits per heavy atom. The van der Waals surface area contributed by atoms with Gasteiger partial charge in [0.05, 0.1) is 128 Å². The molecule has 26 nitrogen and oxygen atoms in total. The Hall–Kier alpha value is -4.86. The lowest BCUT2D eigenvalue weighted by atomic mass is 9.89. The number of hydrogen-bond acceptors (Lipinski definition) is 20. The number of ether oxygens (including phenoxy) is 9. The minimum absolute atomic E-state index is 0.0171. The Morgan fingerprint density at radius 3 is 1.86 bits per heavy atom. The average molecular weight is 1380 g/mol. The molecule has 94 heavy (non-hydrogen) atoms. The molecule has 2 heterocycles. The Kier molecular flexibility index (Phi) is 39.8. The molecule has 3 N–H and O–H groups in total. The average Bonchev–Trinajstić information content (AvgIpc) is 1.57. The zero-order valence-corrected chi connectivity index (χ0v) is 62.2. The molecule has 0 unspecified atom stereocenters. The van der Waals surface area contributed by atoms with Crippen molar-refractivity contribution in [2.45, 2.75) is 174 Å². The molecular formula is C65H115N11O15SSi2. The molecule has 29 heteroatoms. The lowest BCUT2D eigenvalue weighted by Gasteiger charge is -2.41. The molecule has 1 fully saturated rings. The largest absolute Gasteiger partial charge is 0.455 e. The van der Waals surface area contributed by atoms with E-state index in [9.17, 15) is 24.0 Å². The number of methoxy groups -OCH3 is 2. The number of hydrogen-bond donors (Lipinski definition) is 3. The van der Waals surface area contributed by atoms with E-state index in [4.69, 9.17) is 52.3 Å². The summed E-state index contributed by atoms with van der Waals surface area (Å²) in [7, 11) is 4.03. The van der Waals surface area contributed by atoms with E-state index in [0.29, 0.717) is 135 Å². The highest BCUT2D eigenvalue weighted by Gasteiger charge is 2.44. The molecule has 5 amide bonds. The quantitative estimate of drug-likeness (QED) is 0.0107. The van der Waals surface area contributed by atoms with Crippen LogP contribution in [0.15, 0.2) is 53.0 Å². The number of likely N-dealkylation sites (tertiary alicyclic amines) is 1. The molecule has 10 atom stereocenters. The summed E-state index contributed by atoms with van der Waals surface area (Å²) in [6.07, 6.45) is 2.73. The van der Waals surface area contributed by atoms with Crippen molar-refractivity contribution in [3.05, 3.63) is 64.3 Å². The first kappa shape index (κ1) is 83.4. The number of rotatable bonds is 49. The van der Waals surface area contributed by atoms with E-state index in [1.807, 2.05) is 90.9 Å². The lowest BCUT2D eigenvalue weighted by molar-refractivity contribution is -0.148. The van der Waals surface area contributed by atoms with Crippen molar-refractivity contribution in [3.8, 4) is 0 Å². The molecule has 0 aliphatic carbocycles. The van der Waals surface area contributed by atoms with Crippen LogP contribution >= 0.6 is 11.8 Å². The molecule has 1 aromatic heterocycles. The van der Waals surface area contributed by atoms with Crippen LogP contribution in [0.25, 0.3) is 10.4 Å². The van der Waals surface area contributed by atoms with Gasteiger partial charge >= 0.3 is 6.09 Å². The van der Waals surface area contributed by atoms with Gasteiger partial charge in [0.1, 0.15) is 12.1 Å². The summed E-state index contributed by atoms with van der Waals surface area (Å²) in [5, 5.41) is 13.9. The van der Waals surface area contributed by atoms with Gasteiger partial charge in [-0.1, -0.05) is 102 Å². The van der Waals surface area contributed by atoms with Gasteiger partial charge in [-0.2, -0.15) is 0 Å². The van der Waals surface area contributed by atoms with E-state index in [2.05, 4.69) is 62.1 Å². The summed E-state index contributed by atoms with van der Waals surface area (Å²) in [5.74, 6) is -1.95. The van der Waals surface area contributed by atoms with Crippen LogP contribution in [0.3, 0.4) is 0 Å². The molecule has 0 bridgehead atoms. The summed E-state index contributed by atoms with van der Waals surface area (Å²) in [4.78, 5) is 87.8. The molecule has 1 aliphatic rings. The number of carbonyl (C=O) groups excluding carboxylic acids is 5. The van der Waals surface area contributed by atoms with Crippen molar-refractivity contribution < 1.29 is 70.7 Å². The number of likely N-dealkylation sites (N-methyl/N-ethyl adjacent to an activating group) is 2. The third-order valence-electron chi connectivity index (χ3n) is 16.4. The summed E-state index contributed by atoms with van der Waals surface area (Å²) in [5.41, 5.74) is 9.79. The SMILES string of the molecule is CC[C@H](C)[C@@H]([C@@H](CC(=O)N1CCC[C@H]1[C@H](OC)[C@@H](C)C(=O)N[C@H](C)[C@@H](OC(=O)NCC[Si](C)(C)O[Si](C)(C)CSc1ncc(COCCOCCOCCOCCOCCOCCN=[N+]=[N-])cn1)c1ccccc1)OC)N(C)C(=O)[C@@H](NC(=O)[C@H](C(C)C)N(C)C)C(C)C. The fourth-order valence-electron chi connectivity index (χ4n) is 11.6. The molecule has 0 saturated carbocycles. The zero-order valence-electron chi connectivity index (χ0n) is 59.4. The molecular weight excluding hydrogens is 1260 g/mol. The van der Waals surface area contributed by atoms with Gasteiger partial charge in [-0.3, -0.25) is 24.1 Å². The Morgan fingerprint density at radius 2 is 1.34 bits per heavy atom. The van der Waals surface area contributed by atoms with Gasteiger partial charge in [0, 0.05) is 69.1 Å². The number of azide groups is 1. The summed E-state index contributed by atoms with van der Waals surface area (Å²) >= 11 is 1.56. The minimum atomic E-state index is -2.29. The Labute approximate surface area is 566 Å². The van der Waals surface area contributed by atoms with Gasteiger partial charge < -0.3 is 72.5 Å². The first-order valence-electron chi connectivity index (χ1n) is 33.2. The predicted octanol–water partition coefficient (Wildman–Crippen LogP) is 8.06. The molecule has 0 radical (unpaired) electrons. The summed E-state index contributed by atoms with van der Waals surface area (Å²) in [6, 6.07) is 7.11. The maximum atomic E-state index is 14.6. The fraction of sp³-hybridized carbons (Fsp3) is 0.769. The third kappa shape index (κ3) is 30.3. The van der Waals surface area contributed by atoms with Crippen molar-refractivity contribution in [1.29, 1.82) is 0 Å². The summed E-state index contributed by atoms with van der Waals surface area (Å²) in [6.45, 7) is 30.3. The number of benzene rings is 1. The van der Waals surface area contributed by atoms with Crippen LogP contribution < -0.4 is 16.0 Å². The third-order valence-corrected chi connectivity index (χ3v) is 26.1. The molecule has 1 aliphatic heterocycles. The smallest absolute Gasteiger partial charge is 0.407 e. The normalized spacial score (nSPS) is 16.6. The molecule has 2 aromatic rings. The van der Waals surface area contributed by atoms with Gasteiger partial charge in [-0.25, -0.2) is 14.8 Å². The molecule has 1 aromatic carbocycles. The molecule has 1 saturated heterocycles. The second-order valence-electron chi connectivity index (χ2n) is 26.0. The van der Waals surface area contributed by atoms with Crippen LogP contribution in [-0.2, 0) is 72.5 Å². The van der Waals surface area contributed by atoms with E-state index in [-0.39, 0.29) is 47.8 Å². The van der Waals surface area contributed by atoms with Crippen molar-refractivity contribution in [1.82, 2.24) is 40.6 Å². The predicted molar refractivity (Wildman–Crippen MR) is 368 cm³/mol. The Bertz CT molecular complexity index is 2540. The second kappa shape index (κ2) is 44.9. The highest BCUT2D eigenvalue weighted by Crippen LogP contribution is 2.31. The number of nitrogens with zero attached hydrogens (tertiary/aromatic N) is 8. The lowest BCUT2D eigenvalue weighted by Crippen LogP contribution is -2.59. The Balaban J connectivity index is 1.48. The van der Waals surface area contributed by atoms with Crippen LogP contribution in [0.4, 0.5) is 4.79 Å². The van der Waals surface area contributed by atoms with Crippen LogP contribution in [0, 0.1) is 23.7 Å². The van der Waals surface area contributed by atoms with Gasteiger partial charge in [0.25, 0.3) is 0 Å². The van der Waals surface area contributed by atoms with Gasteiger partial charge in [0.15, 0.2) is 21.8 Å². The van der Waals surface area contributed by atoms with E-state index < -0.39 is 77.2 Å². The van der Waals surface area contributed by atoms with Crippen molar-refractivity contribution in [3.63, 3.8) is 0 Å². The molecule has 0 spiro atoms. The van der Waals surface area contributed by atoms with E-state index in [0.717, 1.165) is 10.9 Å². The second-order valence-corrected chi connectivity index (χ2v) is 36.2. The highest BCUT2D eigenvalue weighted by molar-refractivity contribution is 8.00. The monoisotopic (exact) mass is 1380 g/mol.